The van der Waals surface area contributed by atoms with Gasteiger partial charge in [-0.1, -0.05) is 19.9 Å². The van der Waals surface area contributed by atoms with E-state index in [0.29, 0.717) is 25.5 Å². The van der Waals surface area contributed by atoms with Crippen molar-refractivity contribution in [2.24, 2.45) is 11.7 Å². The SMILES string of the molecule is Cc1ccc(OCCC(=O)N(C)CCC(N)C(C)C)cc1C.Cl. The van der Waals surface area contributed by atoms with Gasteiger partial charge in [0.1, 0.15) is 5.75 Å². The topological polar surface area (TPSA) is 55.6 Å². The first-order chi connectivity index (χ1) is 10.3. The summed E-state index contributed by atoms with van der Waals surface area (Å²) >= 11 is 0. The lowest BCUT2D eigenvalue weighted by molar-refractivity contribution is -0.130. The van der Waals surface area contributed by atoms with Crippen molar-refractivity contribution >= 4 is 18.3 Å². The molecule has 1 aromatic rings. The van der Waals surface area contributed by atoms with Crippen LogP contribution in [0.4, 0.5) is 0 Å². The Balaban J connectivity index is 0.00000484. The van der Waals surface area contributed by atoms with Gasteiger partial charge in [-0.2, -0.15) is 0 Å². The fourth-order valence-electron chi connectivity index (χ4n) is 2.05. The molecule has 0 radical (unpaired) electrons. The van der Waals surface area contributed by atoms with E-state index in [-0.39, 0.29) is 24.4 Å². The minimum Gasteiger partial charge on any atom is -0.493 e. The predicted molar refractivity (Wildman–Crippen MR) is 98.3 cm³/mol. The van der Waals surface area contributed by atoms with E-state index in [2.05, 4.69) is 27.7 Å². The van der Waals surface area contributed by atoms with E-state index in [1.165, 1.54) is 11.1 Å². The summed E-state index contributed by atoms with van der Waals surface area (Å²) < 4.78 is 5.65. The number of benzene rings is 1. The number of carbonyl (C=O) groups excluding carboxylic acids is 1. The van der Waals surface area contributed by atoms with E-state index in [1.54, 1.807) is 4.90 Å². The van der Waals surface area contributed by atoms with Crippen molar-refractivity contribution in [1.29, 1.82) is 0 Å². The monoisotopic (exact) mass is 342 g/mol. The second kappa shape index (κ2) is 10.5. The standard InChI is InChI=1S/C18H30N2O2.ClH/c1-13(2)17(19)8-10-20(5)18(21)9-11-22-16-7-6-14(3)15(4)12-16;/h6-7,12-13,17H,8-11,19H2,1-5H3;1H. The Morgan fingerprint density at radius 2 is 1.91 bits per heavy atom. The normalized spacial score (nSPS) is 11.8. The molecule has 1 aromatic carbocycles. The minimum absolute atomic E-state index is 0. The summed E-state index contributed by atoms with van der Waals surface area (Å²) in [4.78, 5) is 13.8. The third-order valence-electron chi connectivity index (χ3n) is 4.14. The second-order valence-corrected chi connectivity index (χ2v) is 6.36. The highest BCUT2D eigenvalue weighted by Gasteiger charge is 2.12. The molecule has 0 aliphatic carbocycles. The van der Waals surface area contributed by atoms with Gasteiger partial charge in [0.2, 0.25) is 5.91 Å². The number of aryl methyl sites for hydroxylation is 2. The number of carbonyl (C=O) groups is 1. The predicted octanol–water partition coefficient (Wildman–Crippen LogP) is 3.33. The molecule has 0 saturated carbocycles. The summed E-state index contributed by atoms with van der Waals surface area (Å²) in [5, 5.41) is 0. The minimum atomic E-state index is 0. The molecule has 1 atom stereocenters. The van der Waals surface area contributed by atoms with E-state index in [1.807, 2.05) is 25.2 Å². The van der Waals surface area contributed by atoms with Crippen molar-refractivity contribution in [2.45, 2.75) is 46.6 Å². The van der Waals surface area contributed by atoms with Crippen LogP contribution in [-0.4, -0.2) is 37.0 Å². The van der Waals surface area contributed by atoms with E-state index in [0.717, 1.165) is 12.2 Å². The van der Waals surface area contributed by atoms with Crippen molar-refractivity contribution in [3.8, 4) is 5.75 Å². The van der Waals surface area contributed by atoms with Gasteiger partial charge in [-0.15, -0.1) is 12.4 Å². The molecule has 23 heavy (non-hydrogen) atoms. The van der Waals surface area contributed by atoms with Crippen LogP contribution in [0.25, 0.3) is 0 Å². The molecule has 2 N–H and O–H groups in total. The van der Waals surface area contributed by atoms with Gasteiger partial charge in [-0.3, -0.25) is 4.79 Å². The Kier molecular flexibility index (Phi) is 9.93. The molecule has 132 valence electrons. The lowest BCUT2D eigenvalue weighted by Crippen LogP contribution is -2.35. The van der Waals surface area contributed by atoms with E-state index >= 15 is 0 Å². The fourth-order valence-corrected chi connectivity index (χ4v) is 2.05. The van der Waals surface area contributed by atoms with Crippen LogP contribution < -0.4 is 10.5 Å². The van der Waals surface area contributed by atoms with Gasteiger partial charge in [0.25, 0.3) is 0 Å². The molecule has 1 rings (SSSR count). The van der Waals surface area contributed by atoms with Gasteiger partial charge < -0.3 is 15.4 Å². The molecule has 0 aliphatic rings. The lowest BCUT2D eigenvalue weighted by atomic mass is 10.0. The van der Waals surface area contributed by atoms with Gasteiger partial charge >= 0.3 is 0 Å². The summed E-state index contributed by atoms with van der Waals surface area (Å²) in [6, 6.07) is 6.12. The van der Waals surface area contributed by atoms with Gasteiger partial charge in [-0.25, -0.2) is 0 Å². The molecule has 0 bridgehead atoms. The highest BCUT2D eigenvalue weighted by molar-refractivity contribution is 5.85. The molecule has 0 spiro atoms. The van der Waals surface area contributed by atoms with Crippen molar-refractivity contribution in [1.82, 2.24) is 4.90 Å². The van der Waals surface area contributed by atoms with E-state index in [4.69, 9.17) is 10.5 Å². The zero-order valence-electron chi connectivity index (χ0n) is 15.0. The number of rotatable bonds is 8. The Labute approximate surface area is 146 Å². The fraction of sp³-hybridized carbons (Fsp3) is 0.611. The number of hydrogen-bond donors (Lipinski definition) is 1. The first-order valence-corrected chi connectivity index (χ1v) is 8.01. The summed E-state index contributed by atoms with van der Waals surface area (Å²) in [6.07, 6.45) is 1.22. The van der Waals surface area contributed by atoms with Crippen LogP contribution in [0.15, 0.2) is 18.2 Å². The summed E-state index contributed by atoms with van der Waals surface area (Å²) in [7, 11) is 1.82. The van der Waals surface area contributed by atoms with Crippen LogP contribution in [0.3, 0.4) is 0 Å². The molecule has 0 aromatic heterocycles. The Morgan fingerprint density at radius 3 is 2.48 bits per heavy atom. The molecule has 4 nitrogen and oxygen atoms in total. The number of hydrogen-bond acceptors (Lipinski definition) is 3. The van der Waals surface area contributed by atoms with Crippen LogP contribution >= 0.6 is 12.4 Å². The van der Waals surface area contributed by atoms with Gasteiger partial charge in [0.15, 0.2) is 0 Å². The third kappa shape index (κ3) is 7.71. The highest BCUT2D eigenvalue weighted by Crippen LogP contribution is 2.16. The first-order valence-electron chi connectivity index (χ1n) is 8.01. The molecule has 0 fully saturated rings. The van der Waals surface area contributed by atoms with Crippen LogP contribution in [-0.2, 0) is 4.79 Å². The first kappa shape index (κ1) is 21.7. The van der Waals surface area contributed by atoms with Crippen LogP contribution in [0.2, 0.25) is 0 Å². The second-order valence-electron chi connectivity index (χ2n) is 6.36. The number of halogens is 1. The van der Waals surface area contributed by atoms with Crippen molar-refractivity contribution in [3.63, 3.8) is 0 Å². The number of nitrogens with zero attached hydrogens (tertiary/aromatic N) is 1. The molecular formula is C18H31ClN2O2. The van der Waals surface area contributed by atoms with Crippen molar-refractivity contribution in [2.75, 3.05) is 20.2 Å². The summed E-state index contributed by atoms with van der Waals surface area (Å²) in [5.74, 6) is 1.36. The molecular weight excluding hydrogens is 312 g/mol. The Morgan fingerprint density at radius 1 is 1.26 bits per heavy atom. The number of nitrogens with two attached hydrogens (primary N) is 1. The summed E-state index contributed by atoms with van der Waals surface area (Å²) in [6.45, 7) is 9.43. The van der Waals surface area contributed by atoms with Crippen molar-refractivity contribution < 1.29 is 9.53 Å². The molecule has 1 amide bonds. The average molecular weight is 343 g/mol. The van der Waals surface area contributed by atoms with Crippen molar-refractivity contribution in [3.05, 3.63) is 29.3 Å². The quantitative estimate of drug-likeness (QED) is 0.788. The number of ether oxygens (including phenoxy) is 1. The molecule has 1 unspecified atom stereocenters. The smallest absolute Gasteiger partial charge is 0.225 e. The van der Waals surface area contributed by atoms with Gasteiger partial charge in [0, 0.05) is 19.6 Å². The maximum atomic E-state index is 12.0. The van der Waals surface area contributed by atoms with Crippen LogP contribution in [0.1, 0.15) is 37.8 Å². The third-order valence-corrected chi connectivity index (χ3v) is 4.14. The van der Waals surface area contributed by atoms with Gasteiger partial charge in [0.05, 0.1) is 13.0 Å². The zero-order chi connectivity index (χ0) is 16.7. The Bertz CT molecular complexity index is 492. The largest absolute Gasteiger partial charge is 0.493 e. The van der Waals surface area contributed by atoms with Crippen LogP contribution in [0.5, 0.6) is 5.75 Å². The average Bonchev–Trinajstić information content (AvgIpc) is 2.47. The molecule has 0 aliphatic heterocycles. The lowest BCUT2D eigenvalue weighted by Gasteiger charge is -2.21. The zero-order valence-corrected chi connectivity index (χ0v) is 15.8. The molecule has 0 saturated heterocycles. The van der Waals surface area contributed by atoms with Gasteiger partial charge in [-0.05, 0) is 49.4 Å². The van der Waals surface area contributed by atoms with Crippen LogP contribution in [0, 0.1) is 19.8 Å². The molecule has 5 heteroatoms. The Hall–Kier alpha value is -1.26. The highest BCUT2D eigenvalue weighted by atomic mass is 35.5. The maximum absolute atomic E-state index is 12.0. The van der Waals surface area contributed by atoms with E-state index in [9.17, 15) is 4.79 Å². The maximum Gasteiger partial charge on any atom is 0.225 e. The molecule has 0 heterocycles. The summed E-state index contributed by atoms with van der Waals surface area (Å²) in [5.41, 5.74) is 8.44. The van der Waals surface area contributed by atoms with E-state index < -0.39 is 0 Å². The number of amides is 1.